The summed E-state index contributed by atoms with van der Waals surface area (Å²) >= 11 is 0. The number of carbonyl (C=O) groups excluding carboxylic acids is 1. The van der Waals surface area contributed by atoms with Crippen molar-refractivity contribution in [3.8, 4) is 11.5 Å². The van der Waals surface area contributed by atoms with E-state index in [-0.39, 0.29) is 29.9 Å². The first kappa shape index (κ1) is 22.8. The second kappa shape index (κ2) is 10.9. The molecule has 2 aromatic carbocycles. The number of hydrogen-bond acceptors (Lipinski definition) is 4. The number of aliphatic imine (C=N–C) groups is 1. The Labute approximate surface area is 188 Å². The van der Waals surface area contributed by atoms with Crippen molar-refractivity contribution in [3.05, 3.63) is 53.6 Å². The van der Waals surface area contributed by atoms with Crippen LogP contribution in [0.3, 0.4) is 0 Å². The van der Waals surface area contributed by atoms with E-state index in [1.807, 2.05) is 35.2 Å². The van der Waals surface area contributed by atoms with E-state index in [4.69, 9.17) is 15.2 Å². The maximum atomic E-state index is 11.9. The van der Waals surface area contributed by atoms with Gasteiger partial charge >= 0.3 is 0 Å². The third-order valence-corrected chi connectivity index (χ3v) is 4.73. The third-order valence-electron chi connectivity index (χ3n) is 4.73. The Kier molecular flexibility index (Phi) is 8.56. The van der Waals surface area contributed by atoms with Crippen LogP contribution in [0.15, 0.2) is 47.5 Å². The number of rotatable bonds is 7. The first-order chi connectivity index (χ1) is 13.6. The zero-order valence-electron chi connectivity index (χ0n) is 16.7. The van der Waals surface area contributed by atoms with E-state index in [1.165, 1.54) is 0 Å². The van der Waals surface area contributed by atoms with Crippen LogP contribution in [0, 0.1) is 0 Å². The van der Waals surface area contributed by atoms with E-state index >= 15 is 0 Å². The number of ether oxygens (including phenoxy) is 2. The van der Waals surface area contributed by atoms with Crippen molar-refractivity contribution in [2.75, 3.05) is 26.1 Å². The summed E-state index contributed by atoms with van der Waals surface area (Å²) in [4.78, 5) is 18.3. The molecule has 0 aromatic heterocycles. The maximum absolute atomic E-state index is 11.9. The monoisotopic (exact) mass is 510 g/mol. The number of halogens is 1. The molecule has 0 spiro atoms. The zero-order chi connectivity index (χ0) is 19.9. The number of guanidine groups is 1. The van der Waals surface area contributed by atoms with Crippen molar-refractivity contribution in [2.24, 2.45) is 10.7 Å². The Morgan fingerprint density at radius 2 is 1.86 bits per heavy atom. The van der Waals surface area contributed by atoms with Gasteiger partial charge in [-0.05, 0) is 29.7 Å². The summed E-state index contributed by atoms with van der Waals surface area (Å²) < 4.78 is 10.5. The van der Waals surface area contributed by atoms with Crippen LogP contribution in [0.2, 0.25) is 0 Å². The molecule has 1 aliphatic heterocycles. The van der Waals surface area contributed by atoms with Gasteiger partial charge in [-0.1, -0.05) is 24.3 Å². The van der Waals surface area contributed by atoms with Crippen LogP contribution in [-0.4, -0.2) is 37.5 Å². The Bertz CT molecular complexity index is 873. The lowest BCUT2D eigenvalue weighted by molar-refractivity contribution is -0.128. The Morgan fingerprint density at radius 3 is 2.52 bits per heavy atom. The minimum atomic E-state index is 0. The van der Waals surface area contributed by atoms with E-state index in [0.717, 1.165) is 29.8 Å². The second-order valence-electron chi connectivity index (χ2n) is 6.58. The first-order valence-corrected chi connectivity index (χ1v) is 9.24. The lowest BCUT2D eigenvalue weighted by atomic mass is 10.1. The number of benzene rings is 2. The molecular weight excluding hydrogens is 483 g/mol. The summed E-state index contributed by atoms with van der Waals surface area (Å²) in [7, 11) is 3.18. The zero-order valence-corrected chi connectivity index (χ0v) is 19.0. The van der Waals surface area contributed by atoms with Crippen LogP contribution in [-0.2, 0) is 17.9 Å². The van der Waals surface area contributed by atoms with Crippen molar-refractivity contribution in [3.63, 3.8) is 0 Å². The van der Waals surface area contributed by atoms with Gasteiger partial charge in [-0.2, -0.15) is 0 Å². The van der Waals surface area contributed by atoms with Crippen molar-refractivity contribution in [2.45, 2.75) is 25.9 Å². The second-order valence-corrected chi connectivity index (χ2v) is 6.58. The van der Waals surface area contributed by atoms with E-state index in [9.17, 15) is 4.79 Å². The Balaban J connectivity index is 0.00000300. The predicted octanol–water partition coefficient (Wildman–Crippen LogP) is 3.37. The van der Waals surface area contributed by atoms with E-state index in [1.54, 1.807) is 26.4 Å². The quantitative estimate of drug-likeness (QED) is 0.339. The molecule has 0 bridgehead atoms. The Hall–Kier alpha value is -2.49. The van der Waals surface area contributed by atoms with Crippen LogP contribution in [0.1, 0.15) is 24.0 Å². The number of carbonyl (C=O) groups is 1. The van der Waals surface area contributed by atoms with Crippen molar-refractivity contribution in [1.29, 1.82) is 0 Å². The summed E-state index contributed by atoms with van der Waals surface area (Å²) in [6, 6.07) is 13.4. The number of amides is 1. The molecule has 1 fully saturated rings. The van der Waals surface area contributed by atoms with Gasteiger partial charge in [0, 0.05) is 31.3 Å². The smallest absolute Gasteiger partial charge is 0.222 e. The van der Waals surface area contributed by atoms with Gasteiger partial charge in [-0.3, -0.25) is 4.79 Å². The fourth-order valence-electron chi connectivity index (χ4n) is 3.21. The standard InChI is InChI=1S/C21H26N4O3.HI/c1-27-18-10-9-17(12-19(18)28-2)24-21(22)23-13-15-6-3-4-7-16(15)14-25-11-5-8-20(25)26;/h3-4,6-7,9-10,12H,5,8,11,13-14H2,1-2H3,(H3,22,23,24);1H. The molecule has 3 rings (SSSR count). The van der Waals surface area contributed by atoms with Crippen LogP contribution in [0.5, 0.6) is 11.5 Å². The number of anilines is 1. The van der Waals surface area contributed by atoms with E-state index in [0.29, 0.717) is 37.0 Å². The number of hydrogen-bond donors (Lipinski definition) is 2. The predicted molar refractivity (Wildman–Crippen MR) is 125 cm³/mol. The average Bonchev–Trinajstić information content (AvgIpc) is 3.11. The topological polar surface area (TPSA) is 89.2 Å². The van der Waals surface area contributed by atoms with Crippen LogP contribution >= 0.6 is 24.0 Å². The molecule has 1 amide bonds. The molecule has 0 atom stereocenters. The first-order valence-electron chi connectivity index (χ1n) is 9.24. The number of nitrogens with one attached hydrogen (secondary N) is 1. The van der Waals surface area contributed by atoms with Gasteiger partial charge in [0.05, 0.1) is 20.8 Å². The van der Waals surface area contributed by atoms with Gasteiger partial charge in [0.2, 0.25) is 5.91 Å². The van der Waals surface area contributed by atoms with Crippen molar-refractivity contribution < 1.29 is 14.3 Å². The highest BCUT2D eigenvalue weighted by Crippen LogP contribution is 2.29. The minimum absolute atomic E-state index is 0. The van der Waals surface area contributed by atoms with E-state index in [2.05, 4.69) is 10.3 Å². The van der Waals surface area contributed by atoms with Gasteiger partial charge in [-0.15, -0.1) is 24.0 Å². The molecule has 7 nitrogen and oxygen atoms in total. The summed E-state index contributed by atoms with van der Waals surface area (Å²) in [5.74, 6) is 1.78. The molecular formula is C21H27IN4O3. The van der Waals surface area contributed by atoms with Crippen LogP contribution in [0.25, 0.3) is 0 Å². The number of nitrogens with two attached hydrogens (primary N) is 1. The minimum Gasteiger partial charge on any atom is -0.493 e. The summed E-state index contributed by atoms with van der Waals surface area (Å²) in [5.41, 5.74) is 8.97. The number of methoxy groups -OCH3 is 2. The molecule has 1 saturated heterocycles. The molecule has 156 valence electrons. The third kappa shape index (κ3) is 5.99. The highest BCUT2D eigenvalue weighted by molar-refractivity contribution is 14.0. The van der Waals surface area contributed by atoms with Crippen molar-refractivity contribution in [1.82, 2.24) is 4.90 Å². The fourth-order valence-corrected chi connectivity index (χ4v) is 3.21. The maximum Gasteiger partial charge on any atom is 0.222 e. The fraction of sp³-hybridized carbons (Fsp3) is 0.333. The van der Waals surface area contributed by atoms with Crippen molar-refractivity contribution >= 4 is 41.5 Å². The average molecular weight is 510 g/mol. The summed E-state index contributed by atoms with van der Waals surface area (Å²) in [6.07, 6.45) is 1.57. The number of likely N-dealkylation sites (tertiary alicyclic amines) is 1. The molecule has 8 heteroatoms. The molecule has 0 saturated carbocycles. The lowest BCUT2D eigenvalue weighted by Gasteiger charge is -2.17. The summed E-state index contributed by atoms with van der Waals surface area (Å²) in [5, 5.41) is 3.07. The molecule has 29 heavy (non-hydrogen) atoms. The van der Waals surface area contributed by atoms with Crippen LogP contribution < -0.4 is 20.5 Å². The van der Waals surface area contributed by atoms with Gasteiger partial charge < -0.3 is 25.4 Å². The molecule has 1 heterocycles. The number of nitrogens with zero attached hydrogens (tertiary/aromatic N) is 2. The molecule has 1 aliphatic rings. The van der Waals surface area contributed by atoms with Crippen LogP contribution in [0.4, 0.5) is 5.69 Å². The highest BCUT2D eigenvalue weighted by atomic mass is 127. The molecule has 3 N–H and O–H groups in total. The van der Waals surface area contributed by atoms with Gasteiger partial charge in [-0.25, -0.2) is 4.99 Å². The SMILES string of the molecule is COc1ccc(NC(N)=NCc2ccccc2CN2CCCC2=O)cc1OC.I. The molecule has 0 radical (unpaired) electrons. The molecule has 2 aromatic rings. The largest absolute Gasteiger partial charge is 0.493 e. The summed E-state index contributed by atoms with van der Waals surface area (Å²) in [6.45, 7) is 1.87. The molecule has 0 aliphatic carbocycles. The van der Waals surface area contributed by atoms with E-state index < -0.39 is 0 Å². The normalized spacial score (nSPS) is 13.8. The van der Waals surface area contributed by atoms with Gasteiger partial charge in [0.15, 0.2) is 17.5 Å². The van der Waals surface area contributed by atoms with Gasteiger partial charge in [0.25, 0.3) is 0 Å². The lowest BCUT2D eigenvalue weighted by Crippen LogP contribution is -2.25. The Morgan fingerprint density at radius 1 is 1.14 bits per heavy atom. The molecule has 0 unspecified atom stereocenters. The van der Waals surface area contributed by atoms with Gasteiger partial charge in [0.1, 0.15) is 0 Å². The highest BCUT2D eigenvalue weighted by Gasteiger charge is 2.20.